The second kappa shape index (κ2) is 14.7. The quantitative estimate of drug-likeness (QED) is 0.214. The van der Waals surface area contributed by atoms with Crippen molar-refractivity contribution in [1.29, 1.82) is 0 Å². The van der Waals surface area contributed by atoms with Gasteiger partial charge in [-0.15, -0.1) is 0 Å². The Bertz CT molecular complexity index is 1060. The third kappa shape index (κ3) is 7.69. The topological polar surface area (TPSA) is 105 Å². The molecule has 9 heteroatoms. The van der Waals surface area contributed by atoms with Crippen LogP contribution in [0.15, 0.2) is 24.3 Å². The number of carbonyl (C=O) groups excluding carboxylic acids is 3. The molecule has 0 spiro atoms. The van der Waals surface area contributed by atoms with E-state index in [4.69, 9.17) is 4.74 Å². The van der Waals surface area contributed by atoms with Gasteiger partial charge in [0.05, 0.1) is 38.4 Å². The number of esters is 1. The van der Waals surface area contributed by atoms with Gasteiger partial charge in [-0.05, 0) is 55.4 Å². The summed E-state index contributed by atoms with van der Waals surface area (Å²) in [5, 5.41) is 12.6. The lowest BCUT2D eigenvalue weighted by molar-refractivity contribution is -0.135. The number of unbranched alkanes of at least 4 members (excludes halogenated alkanes) is 1. The van der Waals surface area contributed by atoms with Crippen LogP contribution in [0.25, 0.3) is 6.08 Å². The number of carbonyl (C=O) groups is 3. The smallest absolute Gasteiger partial charge is 0.330 e. The van der Waals surface area contributed by atoms with Crippen LogP contribution >= 0.6 is 0 Å². The summed E-state index contributed by atoms with van der Waals surface area (Å²) < 4.78 is 26.0. The number of nitrogens with zero attached hydrogens (tertiary/aromatic N) is 1. The molecule has 2 N–H and O–H groups in total. The molecule has 220 valence electrons. The predicted octanol–water partition coefficient (Wildman–Crippen LogP) is 4.94. The van der Waals surface area contributed by atoms with Crippen molar-refractivity contribution in [2.24, 2.45) is 11.8 Å². The Balaban J connectivity index is 1.49. The van der Waals surface area contributed by atoms with Gasteiger partial charge >= 0.3 is 12.0 Å². The number of hydrogen-bond acceptors (Lipinski definition) is 6. The number of benzene rings is 1. The Morgan fingerprint density at radius 1 is 1.18 bits per heavy atom. The van der Waals surface area contributed by atoms with E-state index in [0.29, 0.717) is 18.5 Å². The minimum absolute atomic E-state index is 0.0139. The summed E-state index contributed by atoms with van der Waals surface area (Å²) in [7, 11) is 1.27. The van der Waals surface area contributed by atoms with Crippen LogP contribution in [0.1, 0.15) is 87.7 Å². The normalized spacial score (nSPS) is 23.3. The summed E-state index contributed by atoms with van der Waals surface area (Å²) in [6.45, 7) is -0.148. The zero-order valence-electron chi connectivity index (χ0n) is 23.5. The monoisotopic (exact) mass is 558 g/mol. The molecule has 8 nitrogen and oxygen atoms in total. The molecule has 3 fully saturated rings. The number of urea groups is 1. The lowest BCUT2D eigenvalue weighted by atomic mass is 9.75. The summed E-state index contributed by atoms with van der Waals surface area (Å²) in [5.41, 5.74) is 0.682. The zero-order valence-corrected chi connectivity index (χ0v) is 23.5. The first-order valence-corrected chi connectivity index (χ1v) is 14.8. The highest BCUT2D eigenvalue weighted by molar-refractivity contribution is 5.98. The molecule has 4 atom stereocenters. The minimum atomic E-state index is -0.967. The highest BCUT2D eigenvalue weighted by atomic mass is 19.1. The zero-order chi connectivity index (χ0) is 28.5. The Hall–Kier alpha value is -2.78. The maximum atomic E-state index is 15.4. The molecule has 1 aliphatic carbocycles. The number of fused-ring (bicyclic) bond motifs is 2. The number of rotatable bonds is 12. The molecule has 4 rings (SSSR count). The Morgan fingerprint density at radius 2 is 1.98 bits per heavy atom. The van der Waals surface area contributed by atoms with Crippen LogP contribution in [-0.2, 0) is 19.1 Å². The van der Waals surface area contributed by atoms with Crippen molar-refractivity contribution in [3.8, 4) is 0 Å². The predicted molar refractivity (Wildman–Crippen MR) is 149 cm³/mol. The molecule has 0 aromatic heterocycles. The Labute approximate surface area is 236 Å². The molecular weight excluding hydrogens is 515 g/mol. The van der Waals surface area contributed by atoms with Gasteiger partial charge in [-0.1, -0.05) is 51.0 Å². The fourth-order valence-corrected chi connectivity index (χ4v) is 6.62. The largest absolute Gasteiger partial charge is 0.466 e. The van der Waals surface area contributed by atoms with E-state index in [1.54, 1.807) is 6.07 Å². The lowest BCUT2D eigenvalue weighted by Crippen LogP contribution is -2.49. The molecule has 1 aromatic carbocycles. The molecule has 2 bridgehead atoms. The van der Waals surface area contributed by atoms with Crippen LogP contribution < -0.4 is 5.32 Å². The fraction of sp³-hybridized carbons (Fsp3) is 0.645. The van der Waals surface area contributed by atoms with Gasteiger partial charge < -0.3 is 19.9 Å². The van der Waals surface area contributed by atoms with Crippen molar-refractivity contribution >= 4 is 24.0 Å². The van der Waals surface area contributed by atoms with E-state index in [2.05, 4.69) is 10.1 Å². The van der Waals surface area contributed by atoms with Crippen molar-refractivity contribution in [3.63, 3.8) is 0 Å². The molecule has 3 unspecified atom stereocenters. The van der Waals surface area contributed by atoms with Crippen molar-refractivity contribution < 1.29 is 33.4 Å². The van der Waals surface area contributed by atoms with Crippen molar-refractivity contribution in [2.75, 3.05) is 26.8 Å². The highest BCUT2D eigenvalue weighted by Gasteiger charge is 2.49. The summed E-state index contributed by atoms with van der Waals surface area (Å²) in [6.07, 6.45) is 14.3. The Kier molecular flexibility index (Phi) is 11.1. The molecule has 2 saturated heterocycles. The van der Waals surface area contributed by atoms with Crippen LogP contribution in [0.3, 0.4) is 0 Å². The van der Waals surface area contributed by atoms with Gasteiger partial charge in [-0.2, -0.15) is 0 Å². The molecule has 3 amide bonds. The number of halogens is 1. The molecule has 40 heavy (non-hydrogen) atoms. The first kappa shape index (κ1) is 30.2. The summed E-state index contributed by atoms with van der Waals surface area (Å²) in [4.78, 5) is 39.9. The number of ether oxygens (including phenoxy) is 2. The molecule has 1 saturated carbocycles. The van der Waals surface area contributed by atoms with Gasteiger partial charge in [0.15, 0.2) is 0 Å². The maximum Gasteiger partial charge on any atom is 0.330 e. The summed E-state index contributed by atoms with van der Waals surface area (Å²) in [5.74, 6) is -2.17. The van der Waals surface area contributed by atoms with Crippen LogP contribution in [0.2, 0.25) is 0 Å². The summed E-state index contributed by atoms with van der Waals surface area (Å²) in [6, 6.07) is 3.75. The van der Waals surface area contributed by atoms with E-state index >= 15 is 4.39 Å². The van der Waals surface area contributed by atoms with E-state index in [1.165, 1.54) is 63.5 Å². The third-order valence-corrected chi connectivity index (χ3v) is 8.69. The molecule has 1 aromatic rings. The number of imide groups is 1. The van der Waals surface area contributed by atoms with Crippen LogP contribution in [0.4, 0.5) is 9.18 Å². The minimum Gasteiger partial charge on any atom is -0.466 e. The standard InChI is InChI=1S/C31H43FN2O6/c1-39-28(36)15-11-22-10-13-26(32)24(19-22)29(25-20-23-12-14-27(25)40-23)30(37)34(17-18-35)31(38)33-16-6-5-9-21-7-3-2-4-8-21/h10-11,13,15,19,21,23,25,27,29,35H,2-9,12,14,16-18,20H2,1H3,(H,33,38)/t23?,25-,27?,29?/m0/s1. The molecule has 0 radical (unpaired) electrons. The molecule has 2 heterocycles. The van der Waals surface area contributed by atoms with Gasteiger partial charge in [-0.25, -0.2) is 14.0 Å². The number of aliphatic hydroxyl groups is 1. The van der Waals surface area contributed by atoms with Crippen molar-refractivity contribution in [1.82, 2.24) is 10.2 Å². The maximum absolute atomic E-state index is 15.4. The number of methoxy groups -OCH3 is 1. The van der Waals surface area contributed by atoms with Crippen LogP contribution in [0.5, 0.6) is 0 Å². The van der Waals surface area contributed by atoms with Gasteiger partial charge in [0, 0.05) is 24.1 Å². The first-order chi connectivity index (χ1) is 19.4. The van der Waals surface area contributed by atoms with E-state index in [-0.39, 0.29) is 30.2 Å². The van der Waals surface area contributed by atoms with E-state index < -0.39 is 36.2 Å². The number of amides is 3. The van der Waals surface area contributed by atoms with Gasteiger partial charge in [0.1, 0.15) is 5.82 Å². The van der Waals surface area contributed by atoms with Crippen molar-refractivity contribution in [3.05, 3.63) is 41.2 Å². The number of nitrogens with one attached hydrogen (secondary N) is 1. The Morgan fingerprint density at radius 3 is 2.65 bits per heavy atom. The van der Waals surface area contributed by atoms with E-state index in [9.17, 15) is 19.5 Å². The van der Waals surface area contributed by atoms with Gasteiger partial charge in [-0.3, -0.25) is 9.69 Å². The first-order valence-electron chi connectivity index (χ1n) is 14.8. The SMILES string of the molecule is COC(=O)C=Cc1ccc(F)c(C(C(=O)N(CCO)C(=O)NCCCCC2CCCCC2)[C@H]2CC3CCC2O3)c1. The lowest BCUT2D eigenvalue weighted by Gasteiger charge is -2.32. The summed E-state index contributed by atoms with van der Waals surface area (Å²) >= 11 is 0. The number of hydrogen-bond donors (Lipinski definition) is 2. The second-order valence-corrected chi connectivity index (χ2v) is 11.3. The molecule has 2 aliphatic heterocycles. The van der Waals surface area contributed by atoms with E-state index in [0.717, 1.165) is 42.9 Å². The average molecular weight is 559 g/mol. The van der Waals surface area contributed by atoms with Crippen LogP contribution in [0, 0.1) is 17.7 Å². The van der Waals surface area contributed by atoms with E-state index in [1.807, 2.05) is 0 Å². The second-order valence-electron chi connectivity index (χ2n) is 11.3. The van der Waals surface area contributed by atoms with Gasteiger partial charge in [0.25, 0.3) is 0 Å². The number of aliphatic hydroxyl groups excluding tert-OH is 1. The molecular formula is C31H43FN2O6. The van der Waals surface area contributed by atoms with Crippen LogP contribution in [-0.4, -0.2) is 66.9 Å². The van der Waals surface area contributed by atoms with Crippen molar-refractivity contribution in [2.45, 2.75) is 88.8 Å². The fourth-order valence-electron chi connectivity index (χ4n) is 6.62. The molecule has 3 aliphatic rings. The third-order valence-electron chi connectivity index (χ3n) is 8.69. The average Bonchev–Trinajstić information content (AvgIpc) is 3.60. The highest BCUT2D eigenvalue weighted by Crippen LogP contribution is 2.47. The van der Waals surface area contributed by atoms with Gasteiger partial charge in [0.2, 0.25) is 5.91 Å².